The number of aromatic nitrogens is 2. The van der Waals surface area contributed by atoms with Gasteiger partial charge in [0.15, 0.2) is 6.10 Å². The van der Waals surface area contributed by atoms with E-state index in [0.29, 0.717) is 59.9 Å². The van der Waals surface area contributed by atoms with E-state index in [1.807, 2.05) is 6.92 Å². The maximum Gasteiger partial charge on any atom is 0.347 e. The van der Waals surface area contributed by atoms with E-state index in [1.54, 1.807) is 49.4 Å². The van der Waals surface area contributed by atoms with Crippen molar-refractivity contribution in [2.24, 2.45) is 0 Å². The number of hydrogen-bond donors (Lipinski definition) is 0. The third-order valence-corrected chi connectivity index (χ3v) is 4.46. The topological polar surface area (TPSA) is 89.0 Å². The average Bonchev–Trinajstić information content (AvgIpc) is 2.79. The number of hydrogen-bond acceptors (Lipinski definition) is 8. The van der Waals surface area contributed by atoms with E-state index in [9.17, 15) is 4.79 Å². The Balaban J connectivity index is 1.44. The molecule has 9 heteroatoms. The molecule has 8 nitrogen and oxygen atoms in total. The summed E-state index contributed by atoms with van der Waals surface area (Å²) in [6, 6.07) is 12.1. The highest BCUT2D eigenvalue weighted by molar-refractivity contribution is 6.31. The Labute approximate surface area is 191 Å². The molecule has 0 amide bonds. The van der Waals surface area contributed by atoms with E-state index in [2.05, 4.69) is 9.97 Å². The Morgan fingerprint density at radius 3 is 2.47 bits per heavy atom. The average molecular weight is 461 g/mol. The van der Waals surface area contributed by atoms with Crippen LogP contribution in [0.15, 0.2) is 48.7 Å². The van der Waals surface area contributed by atoms with E-state index in [0.717, 1.165) is 0 Å². The first-order valence-electron chi connectivity index (χ1n) is 10.2. The van der Waals surface area contributed by atoms with Crippen LogP contribution in [0.25, 0.3) is 11.0 Å². The van der Waals surface area contributed by atoms with E-state index in [4.69, 9.17) is 35.3 Å². The summed E-state index contributed by atoms with van der Waals surface area (Å²) in [5.74, 6) is 0.951. The minimum Gasteiger partial charge on any atom is -0.479 e. The van der Waals surface area contributed by atoms with Gasteiger partial charge in [-0.25, -0.2) is 14.8 Å². The number of benzene rings is 2. The number of esters is 1. The Kier molecular flexibility index (Phi) is 9.03. The number of ether oxygens (including phenoxy) is 5. The fourth-order valence-electron chi connectivity index (χ4n) is 2.66. The van der Waals surface area contributed by atoms with Crippen molar-refractivity contribution >= 4 is 28.6 Å². The molecule has 0 bridgehead atoms. The molecule has 0 spiro atoms. The SMILES string of the molecule is CCOCCOCCOC(=O)C(C)Oc1ccc(Oc2cnc3cc(Cl)ccc3n2)cc1. The highest BCUT2D eigenvalue weighted by atomic mass is 35.5. The molecule has 170 valence electrons. The number of halogens is 1. The second kappa shape index (κ2) is 12.2. The van der Waals surface area contributed by atoms with Crippen molar-refractivity contribution in [3.05, 3.63) is 53.7 Å². The van der Waals surface area contributed by atoms with Gasteiger partial charge in [-0.05, 0) is 56.3 Å². The van der Waals surface area contributed by atoms with Crippen LogP contribution in [0, 0.1) is 0 Å². The zero-order valence-electron chi connectivity index (χ0n) is 18.0. The summed E-state index contributed by atoms with van der Waals surface area (Å²) in [7, 11) is 0. The Morgan fingerprint density at radius 1 is 0.969 bits per heavy atom. The van der Waals surface area contributed by atoms with Gasteiger partial charge < -0.3 is 23.7 Å². The minimum atomic E-state index is -0.761. The van der Waals surface area contributed by atoms with Crippen LogP contribution in [0.2, 0.25) is 5.02 Å². The molecule has 0 aliphatic rings. The van der Waals surface area contributed by atoms with Crippen LogP contribution in [0.5, 0.6) is 17.4 Å². The van der Waals surface area contributed by atoms with E-state index in [-0.39, 0.29) is 6.61 Å². The van der Waals surface area contributed by atoms with E-state index >= 15 is 0 Å². The molecule has 0 aliphatic carbocycles. The third kappa shape index (κ3) is 7.33. The summed E-state index contributed by atoms with van der Waals surface area (Å²) in [6.45, 7) is 5.64. The van der Waals surface area contributed by atoms with Gasteiger partial charge in [0.1, 0.15) is 18.1 Å². The van der Waals surface area contributed by atoms with Gasteiger partial charge in [0.05, 0.1) is 37.1 Å². The van der Waals surface area contributed by atoms with Gasteiger partial charge >= 0.3 is 5.97 Å². The Hall–Kier alpha value is -2.94. The van der Waals surface area contributed by atoms with Crippen LogP contribution in [0.3, 0.4) is 0 Å². The fourth-order valence-corrected chi connectivity index (χ4v) is 2.82. The van der Waals surface area contributed by atoms with Crippen molar-refractivity contribution in [1.82, 2.24) is 9.97 Å². The molecule has 32 heavy (non-hydrogen) atoms. The monoisotopic (exact) mass is 460 g/mol. The molecule has 3 rings (SSSR count). The van der Waals surface area contributed by atoms with Gasteiger partial charge in [-0.1, -0.05) is 11.6 Å². The van der Waals surface area contributed by atoms with Gasteiger partial charge in [0, 0.05) is 11.6 Å². The van der Waals surface area contributed by atoms with E-state index in [1.165, 1.54) is 6.20 Å². The van der Waals surface area contributed by atoms with Crippen molar-refractivity contribution in [1.29, 1.82) is 0 Å². The minimum absolute atomic E-state index is 0.157. The third-order valence-electron chi connectivity index (χ3n) is 4.22. The molecule has 0 N–H and O–H groups in total. The highest BCUT2D eigenvalue weighted by Crippen LogP contribution is 2.25. The number of carbonyl (C=O) groups is 1. The molecular formula is C23H25ClN2O6. The first kappa shape index (κ1) is 23.7. The van der Waals surface area contributed by atoms with Crippen LogP contribution >= 0.6 is 11.6 Å². The number of fused-ring (bicyclic) bond motifs is 1. The molecule has 0 radical (unpaired) electrons. The Bertz CT molecular complexity index is 1020. The molecule has 0 saturated carbocycles. The van der Waals surface area contributed by atoms with Gasteiger partial charge in [-0.15, -0.1) is 0 Å². The van der Waals surface area contributed by atoms with Crippen LogP contribution in [-0.2, 0) is 19.0 Å². The zero-order valence-corrected chi connectivity index (χ0v) is 18.7. The maximum absolute atomic E-state index is 12.0. The quantitative estimate of drug-likeness (QED) is 0.289. The van der Waals surface area contributed by atoms with Gasteiger partial charge in [0.25, 0.3) is 0 Å². The molecular weight excluding hydrogens is 436 g/mol. The molecule has 1 atom stereocenters. The largest absolute Gasteiger partial charge is 0.479 e. The first-order valence-corrected chi connectivity index (χ1v) is 10.6. The van der Waals surface area contributed by atoms with Gasteiger partial charge in [-0.3, -0.25) is 0 Å². The lowest BCUT2D eigenvalue weighted by Crippen LogP contribution is -2.27. The molecule has 1 aromatic heterocycles. The summed E-state index contributed by atoms with van der Waals surface area (Å²) < 4.78 is 27.0. The number of rotatable bonds is 12. The van der Waals surface area contributed by atoms with Gasteiger partial charge in [-0.2, -0.15) is 0 Å². The molecule has 2 aromatic carbocycles. The van der Waals surface area contributed by atoms with Crippen LogP contribution < -0.4 is 9.47 Å². The highest BCUT2D eigenvalue weighted by Gasteiger charge is 2.16. The van der Waals surface area contributed by atoms with Crippen molar-refractivity contribution in [3.8, 4) is 17.4 Å². The lowest BCUT2D eigenvalue weighted by atomic mass is 10.3. The molecule has 1 heterocycles. The summed E-state index contributed by atoms with van der Waals surface area (Å²) in [5.41, 5.74) is 1.37. The Morgan fingerprint density at radius 2 is 1.69 bits per heavy atom. The predicted molar refractivity (Wildman–Crippen MR) is 119 cm³/mol. The smallest absolute Gasteiger partial charge is 0.347 e. The standard InChI is InChI=1S/C23H25ClN2O6/c1-3-28-10-11-29-12-13-30-23(27)16(2)31-18-5-7-19(8-6-18)32-22-15-25-21-14-17(24)4-9-20(21)26-22/h4-9,14-16H,3,10-13H2,1-2H3. The fraction of sp³-hybridized carbons (Fsp3) is 0.348. The second-order valence-corrected chi connectivity index (χ2v) is 7.09. The summed E-state index contributed by atoms with van der Waals surface area (Å²) in [4.78, 5) is 20.8. The zero-order chi connectivity index (χ0) is 22.8. The van der Waals surface area contributed by atoms with Crippen LogP contribution in [0.4, 0.5) is 0 Å². The predicted octanol–water partition coefficient (Wildman–Crippen LogP) is 4.44. The summed E-state index contributed by atoms with van der Waals surface area (Å²) in [5, 5.41) is 0.597. The van der Waals surface area contributed by atoms with Crippen LogP contribution in [-0.4, -0.2) is 55.1 Å². The molecule has 0 saturated heterocycles. The van der Waals surface area contributed by atoms with Crippen LogP contribution in [0.1, 0.15) is 13.8 Å². The number of nitrogens with zero attached hydrogens (tertiary/aromatic N) is 2. The van der Waals surface area contributed by atoms with Crippen molar-refractivity contribution in [2.75, 3.05) is 33.0 Å². The molecule has 0 fully saturated rings. The lowest BCUT2D eigenvalue weighted by Gasteiger charge is -2.14. The van der Waals surface area contributed by atoms with Gasteiger partial charge in [0.2, 0.25) is 5.88 Å². The molecule has 3 aromatic rings. The van der Waals surface area contributed by atoms with Crippen molar-refractivity contribution in [3.63, 3.8) is 0 Å². The normalized spacial score (nSPS) is 11.8. The second-order valence-electron chi connectivity index (χ2n) is 6.65. The summed E-state index contributed by atoms with van der Waals surface area (Å²) in [6.07, 6.45) is 0.769. The maximum atomic E-state index is 12.0. The summed E-state index contributed by atoms with van der Waals surface area (Å²) >= 11 is 5.96. The number of carbonyl (C=O) groups excluding carboxylic acids is 1. The molecule has 0 aliphatic heterocycles. The van der Waals surface area contributed by atoms with Crippen molar-refractivity contribution in [2.45, 2.75) is 20.0 Å². The van der Waals surface area contributed by atoms with Crippen molar-refractivity contribution < 1.29 is 28.5 Å². The molecule has 1 unspecified atom stereocenters. The lowest BCUT2D eigenvalue weighted by molar-refractivity contribution is -0.152. The first-order chi connectivity index (χ1) is 15.5. The van der Waals surface area contributed by atoms with E-state index < -0.39 is 12.1 Å².